The second kappa shape index (κ2) is 10.8. The Hall–Kier alpha value is -2.60. The van der Waals surface area contributed by atoms with Gasteiger partial charge >= 0.3 is 5.97 Å². The SMILES string of the molecule is CCOC(=O)CN1C(=O)SC(=Cc2cc(I)c(OCc3ccccc3F)c(OC)c2)C1=O. The third kappa shape index (κ3) is 5.60. The Balaban J connectivity index is 1.80. The minimum Gasteiger partial charge on any atom is -0.493 e. The minimum atomic E-state index is -0.649. The predicted molar refractivity (Wildman–Crippen MR) is 126 cm³/mol. The van der Waals surface area contributed by atoms with Crippen molar-refractivity contribution in [1.29, 1.82) is 0 Å². The summed E-state index contributed by atoms with van der Waals surface area (Å²) < 4.78 is 30.6. The van der Waals surface area contributed by atoms with E-state index in [1.165, 1.54) is 13.2 Å². The molecule has 0 spiro atoms. The molecule has 0 atom stereocenters. The fourth-order valence-electron chi connectivity index (χ4n) is 2.85. The molecule has 7 nitrogen and oxygen atoms in total. The van der Waals surface area contributed by atoms with Crippen LogP contribution in [0.25, 0.3) is 6.08 Å². The number of nitrogens with zero attached hydrogens (tertiary/aromatic N) is 1. The van der Waals surface area contributed by atoms with Crippen LogP contribution in [0.15, 0.2) is 41.3 Å². The fraction of sp³-hybridized carbons (Fsp3) is 0.227. The largest absolute Gasteiger partial charge is 0.493 e. The van der Waals surface area contributed by atoms with Crippen molar-refractivity contribution in [2.24, 2.45) is 0 Å². The number of hydrogen-bond acceptors (Lipinski definition) is 7. The first-order valence-electron chi connectivity index (χ1n) is 9.48. The number of thioether (sulfide) groups is 1. The van der Waals surface area contributed by atoms with Gasteiger partial charge in [-0.1, -0.05) is 18.2 Å². The highest BCUT2D eigenvalue weighted by atomic mass is 127. The summed E-state index contributed by atoms with van der Waals surface area (Å²) in [7, 11) is 1.47. The van der Waals surface area contributed by atoms with Gasteiger partial charge in [0.25, 0.3) is 11.1 Å². The summed E-state index contributed by atoms with van der Waals surface area (Å²) in [5.74, 6) is -0.753. The van der Waals surface area contributed by atoms with Crippen LogP contribution in [-0.4, -0.2) is 42.3 Å². The van der Waals surface area contributed by atoms with Crippen LogP contribution in [0.5, 0.6) is 11.5 Å². The van der Waals surface area contributed by atoms with Crippen molar-refractivity contribution in [3.05, 3.63) is 61.8 Å². The third-order valence-electron chi connectivity index (χ3n) is 4.35. The molecule has 1 aliphatic heterocycles. The molecule has 0 bridgehead atoms. The van der Waals surface area contributed by atoms with Crippen LogP contribution >= 0.6 is 34.4 Å². The molecular weight excluding hydrogens is 552 g/mol. The highest BCUT2D eigenvalue weighted by Gasteiger charge is 2.36. The molecule has 168 valence electrons. The van der Waals surface area contributed by atoms with Gasteiger partial charge in [-0.3, -0.25) is 19.3 Å². The summed E-state index contributed by atoms with van der Waals surface area (Å²) in [6.07, 6.45) is 1.54. The van der Waals surface area contributed by atoms with E-state index in [9.17, 15) is 18.8 Å². The molecule has 1 aliphatic rings. The van der Waals surface area contributed by atoms with Crippen LogP contribution in [0, 0.1) is 9.39 Å². The molecule has 0 unspecified atom stereocenters. The minimum absolute atomic E-state index is 0.0190. The molecule has 10 heteroatoms. The zero-order chi connectivity index (χ0) is 23.3. The van der Waals surface area contributed by atoms with Crippen molar-refractivity contribution in [1.82, 2.24) is 4.90 Å². The van der Waals surface area contributed by atoms with Crippen molar-refractivity contribution >= 4 is 57.5 Å². The number of benzene rings is 2. The van der Waals surface area contributed by atoms with Gasteiger partial charge in [-0.2, -0.15) is 0 Å². The second-order valence-corrected chi connectivity index (χ2v) is 8.64. The third-order valence-corrected chi connectivity index (χ3v) is 6.05. The highest BCUT2D eigenvalue weighted by molar-refractivity contribution is 14.1. The van der Waals surface area contributed by atoms with Crippen LogP contribution in [-0.2, 0) is 20.9 Å². The van der Waals surface area contributed by atoms with Crippen LogP contribution in [0.2, 0.25) is 0 Å². The first-order chi connectivity index (χ1) is 15.3. The van der Waals surface area contributed by atoms with Gasteiger partial charge in [0.05, 0.1) is 22.2 Å². The van der Waals surface area contributed by atoms with E-state index in [0.29, 0.717) is 26.2 Å². The van der Waals surface area contributed by atoms with Gasteiger partial charge in [-0.25, -0.2) is 4.39 Å². The van der Waals surface area contributed by atoms with Gasteiger partial charge < -0.3 is 14.2 Å². The number of ether oxygens (including phenoxy) is 3. The Morgan fingerprint density at radius 3 is 2.69 bits per heavy atom. The van der Waals surface area contributed by atoms with Crippen LogP contribution in [0.3, 0.4) is 0 Å². The van der Waals surface area contributed by atoms with Gasteiger partial charge in [0.1, 0.15) is 19.0 Å². The standard InChI is InChI=1S/C22H19FINO6S/c1-3-30-19(26)11-25-21(27)18(32-22(25)28)10-13-8-16(24)20(17(9-13)29-2)31-12-14-6-4-5-7-15(14)23/h4-10H,3,11-12H2,1-2H3. The molecule has 0 aliphatic carbocycles. The Labute approximate surface area is 202 Å². The summed E-state index contributed by atoms with van der Waals surface area (Å²) in [6, 6.07) is 9.72. The van der Waals surface area contributed by atoms with Crippen molar-refractivity contribution in [3.63, 3.8) is 0 Å². The number of hydrogen-bond donors (Lipinski definition) is 0. The second-order valence-electron chi connectivity index (χ2n) is 6.49. The maximum Gasteiger partial charge on any atom is 0.326 e. The van der Waals surface area contributed by atoms with E-state index in [0.717, 1.165) is 16.7 Å². The number of imide groups is 1. The van der Waals surface area contributed by atoms with Gasteiger partial charge in [-0.05, 0) is 71.1 Å². The lowest BCUT2D eigenvalue weighted by molar-refractivity contribution is -0.145. The maximum atomic E-state index is 13.9. The molecule has 1 saturated heterocycles. The lowest BCUT2D eigenvalue weighted by atomic mass is 10.1. The molecule has 0 radical (unpaired) electrons. The number of amides is 2. The van der Waals surface area contributed by atoms with E-state index in [1.54, 1.807) is 43.3 Å². The van der Waals surface area contributed by atoms with E-state index >= 15 is 0 Å². The maximum absolute atomic E-state index is 13.9. The smallest absolute Gasteiger partial charge is 0.326 e. The average molecular weight is 571 g/mol. The summed E-state index contributed by atoms with van der Waals surface area (Å²) >= 11 is 2.80. The fourth-order valence-corrected chi connectivity index (χ4v) is 4.47. The summed E-state index contributed by atoms with van der Waals surface area (Å²) in [5, 5.41) is -0.541. The molecule has 2 amide bonds. The van der Waals surface area contributed by atoms with E-state index < -0.39 is 23.7 Å². The monoisotopic (exact) mass is 571 g/mol. The molecular formula is C22H19FINO6S. The van der Waals surface area contributed by atoms with Gasteiger partial charge in [0.15, 0.2) is 11.5 Å². The summed E-state index contributed by atoms with van der Waals surface area (Å²) in [6.45, 7) is 1.39. The van der Waals surface area contributed by atoms with Crippen molar-refractivity contribution in [2.75, 3.05) is 20.3 Å². The quantitative estimate of drug-likeness (QED) is 0.260. The first-order valence-corrected chi connectivity index (χ1v) is 11.4. The number of esters is 1. The van der Waals surface area contributed by atoms with Crippen molar-refractivity contribution in [2.45, 2.75) is 13.5 Å². The zero-order valence-electron chi connectivity index (χ0n) is 17.2. The Kier molecular flexibility index (Phi) is 8.13. The Morgan fingerprint density at radius 2 is 2.00 bits per heavy atom. The molecule has 2 aromatic rings. The van der Waals surface area contributed by atoms with Gasteiger partial charge in [0.2, 0.25) is 0 Å². The van der Waals surface area contributed by atoms with Crippen molar-refractivity contribution in [3.8, 4) is 11.5 Å². The lowest BCUT2D eigenvalue weighted by Gasteiger charge is -2.14. The summed E-state index contributed by atoms with van der Waals surface area (Å²) in [4.78, 5) is 37.4. The number of methoxy groups -OCH3 is 1. The Morgan fingerprint density at radius 1 is 1.25 bits per heavy atom. The topological polar surface area (TPSA) is 82.1 Å². The van der Waals surface area contributed by atoms with E-state index in [4.69, 9.17) is 14.2 Å². The molecule has 1 heterocycles. The zero-order valence-corrected chi connectivity index (χ0v) is 20.2. The molecule has 0 aromatic heterocycles. The predicted octanol–water partition coefficient (Wildman–Crippen LogP) is 4.62. The Bertz CT molecular complexity index is 1090. The number of rotatable bonds is 8. The van der Waals surface area contributed by atoms with Crippen LogP contribution < -0.4 is 9.47 Å². The van der Waals surface area contributed by atoms with Crippen LogP contribution in [0.4, 0.5) is 9.18 Å². The van der Waals surface area contributed by atoms with Crippen LogP contribution in [0.1, 0.15) is 18.1 Å². The lowest BCUT2D eigenvalue weighted by Crippen LogP contribution is -2.34. The van der Waals surface area contributed by atoms with Gasteiger partial charge in [0, 0.05) is 5.56 Å². The first kappa shape index (κ1) is 24.1. The molecule has 2 aromatic carbocycles. The molecule has 0 N–H and O–H groups in total. The normalized spacial score (nSPS) is 14.8. The number of halogens is 2. The molecule has 3 rings (SSSR count). The molecule has 0 saturated carbocycles. The van der Waals surface area contributed by atoms with Gasteiger partial charge in [-0.15, -0.1) is 0 Å². The molecule has 32 heavy (non-hydrogen) atoms. The average Bonchev–Trinajstić information content (AvgIpc) is 3.01. The van der Waals surface area contributed by atoms with E-state index in [-0.39, 0.29) is 23.9 Å². The molecule has 1 fully saturated rings. The van der Waals surface area contributed by atoms with Crippen molar-refractivity contribution < 1.29 is 33.0 Å². The highest BCUT2D eigenvalue weighted by Crippen LogP contribution is 2.37. The van der Waals surface area contributed by atoms with E-state index in [1.807, 2.05) is 0 Å². The summed E-state index contributed by atoms with van der Waals surface area (Å²) in [5.41, 5.74) is 1.01. The number of carbonyl (C=O) groups is 3. The van der Waals surface area contributed by atoms with E-state index in [2.05, 4.69) is 22.6 Å². The number of carbonyl (C=O) groups excluding carboxylic acids is 3.